The number of fused-ring (bicyclic) bond motifs is 1. The maximum Gasteiger partial charge on any atom is 0.180 e. The minimum Gasteiger partial charge on any atom is -0.365 e. The Labute approximate surface area is 148 Å². The fourth-order valence-corrected chi connectivity index (χ4v) is 2.42. The topological polar surface area (TPSA) is 124 Å². The predicted molar refractivity (Wildman–Crippen MR) is 94.4 cm³/mol. The van der Waals surface area contributed by atoms with Gasteiger partial charge in [0.25, 0.3) is 0 Å². The number of anilines is 2. The molecule has 132 valence electrons. The lowest BCUT2D eigenvalue weighted by atomic mass is 10.4. The highest BCUT2D eigenvalue weighted by Gasteiger charge is 2.09. The number of nitrogens with one attached hydrogen (secondary N) is 2. The molecule has 0 radical (unpaired) electrons. The molecule has 26 heavy (non-hydrogen) atoms. The fraction of sp³-hybridized carbons (Fsp3) is 0.267. The Bertz CT molecular complexity index is 870. The minimum atomic E-state index is 0.595. The standard InChI is InChI=1S/C15H17N11/c1-2-12-13(16-3-1)22-15(18-5-9-26-11-7-20-24-26)14(21-12)17-4-8-25-10-6-19-23-25/h1-3,6-7,10-11H,4-5,8-9H2,(H,17,21)(H,16,18,22). The smallest absolute Gasteiger partial charge is 0.180 e. The molecular weight excluding hydrogens is 334 g/mol. The Balaban J connectivity index is 1.48. The molecule has 0 aliphatic heterocycles. The van der Waals surface area contributed by atoms with Crippen LogP contribution in [0.5, 0.6) is 0 Å². The number of pyridine rings is 1. The van der Waals surface area contributed by atoms with Gasteiger partial charge in [0.15, 0.2) is 17.3 Å². The number of rotatable bonds is 8. The third-order valence-corrected chi connectivity index (χ3v) is 3.65. The van der Waals surface area contributed by atoms with E-state index in [4.69, 9.17) is 0 Å². The van der Waals surface area contributed by atoms with Crippen LogP contribution in [0.2, 0.25) is 0 Å². The van der Waals surface area contributed by atoms with E-state index < -0.39 is 0 Å². The van der Waals surface area contributed by atoms with Crippen molar-refractivity contribution in [3.05, 3.63) is 43.1 Å². The van der Waals surface area contributed by atoms with Crippen LogP contribution in [0, 0.1) is 0 Å². The van der Waals surface area contributed by atoms with Gasteiger partial charge < -0.3 is 10.6 Å². The molecule has 0 fully saturated rings. The number of nitrogens with zero attached hydrogens (tertiary/aromatic N) is 9. The van der Waals surface area contributed by atoms with Gasteiger partial charge in [0.1, 0.15) is 5.52 Å². The molecule has 0 saturated heterocycles. The maximum atomic E-state index is 4.63. The van der Waals surface area contributed by atoms with Gasteiger partial charge in [0, 0.05) is 31.7 Å². The van der Waals surface area contributed by atoms with E-state index in [-0.39, 0.29) is 0 Å². The minimum absolute atomic E-state index is 0.595. The van der Waals surface area contributed by atoms with Crippen LogP contribution in [0.25, 0.3) is 11.2 Å². The van der Waals surface area contributed by atoms with Crippen molar-refractivity contribution in [1.29, 1.82) is 0 Å². The van der Waals surface area contributed by atoms with Gasteiger partial charge in [0.2, 0.25) is 0 Å². The monoisotopic (exact) mass is 351 g/mol. The summed E-state index contributed by atoms with van der Waals surface area (Å²) >= 11 is 0. The zero-order chi connectivity index (χ0) is 17.6. The Hall–Kier alpha value is -3.63. The Morgan fingerprint density at radius 2 is 1.46 bits per heavy atom. The summed E-state index contributed by atoms with van der Waals surface area (Å²) in [7, 11) is 0. The molecule has 2 N–H and O–H groups in total. The third kappa shape index (κ3) is 3.71. The molecule has 4 rings (SSSR count). The van der Waals surface area contributed by atoms with Crippen LogP contribution in [-0.2, 0) is 13.1 Å². The highest BCUT2D eigenvalue weighted by Crippen LogP contribution is 2.19. The maximum absolute atomic E-state index is 4.63. The first kappa shape index (κ1) is 15.9. The highest BCUT2D eigenvalue weighted by molar-refractivity contribution is 5.76. The van der Waals surface area contributed by atoms with Gasteiger partial charge in [-0.25, -0.2) is 15.0 Å². The van der Waals surface area contributed by atoms with Crippen LogP contribution in [0.1, 0.15) is 0 Å². The second-order valence-corrected chi connectivity index (χ2v) is 5.45. The molecule has 11 heteroatoms. The van der Waals surface area contributed by atoms with Crippen LogP contribution in [0.15, 0.2) is 43.1 Å². The molecule has 11 nitrogen and oxygen atoms in total. The summed E-state index contributed by atoms with van der Waals surface area (Å²) in [4.78, 5) is 13.5. The van der Waals surface area contributed by atoms with Gasteiger partial charge in [-0.3, -0.25) is 9.36 Å². The molecule has 0 bridgehead atoms. The zero-order valence-electron chi connectivity index (χ0n) is 13.9. The van der Waals surface area contributed by atoms with Gasteiger partial charge in [-0.15, -0.1) is 10.2 Å². The average Bonchev–Trinajstić information content (AvgIpc) is 3.36. The summed E-state index contributed by atoms with van der Waals surface area (Å²) in [5.74, 6) is 1.32. The van der Waals surface area contributed by atoms with Crippen molar-refractivity contribution >= 4 is 22.8 Å². The SMILES string of the molecule is c1cnc2nc(NCCn3ccnn3)c(NCCn3ccnn3)nc2c1. The lowest BCUT2D eigenvalue weighted by Crippen LogP contribution is -2.17. The lowest BCUT2D eigenvalue weighted by molar-refractivity contribution is 0.606. The van der Waals surface area contributed by atoms with E-state index >= 15 is 0 Å². The van der Waals surface area contributed by atoms with E-state index in [0.29, 0.717) is 43.5 Å². The Morgan fingerprint density at radius 3 is 2.08 bits per heavy atom. The first-order chi connectivity index (χ1) is 12.9. The highest BCUT2D eigenvalue weighted by atomic mass is 15.4. The first-order valence-corrected chi connectivity index (χ1v) is 8.17. The van der Waals surface area contributed by atoms with Gasteiger partial charge in [-0.1, -0.05) is 10.4 Å². The third-order valence-electron chi connectivity index (χ3n) is 3.65. The summed E-state index contributed by atoms with van der Waals surface area (Å²) in [5, 5.41) is 22.1. The van der Waals surface area contributed by atoms with Crippen molar-refractivity contribution in [2.45, 2.75) is 13.1 Å². The van der Waals surface area contributed by atoms with E-state index in [9.17, 15) is 0 Å². The number of hydrogen-bond donors (Lipinski definition) is 2. The van der Waals surface area contributed by atoms with Crippen molar-refractivity contribution in [2.75, 3.05) is 23.7 Å². The van der Waals surface area contributed by atoms with E-state index in [2.05, 4.69) is 46.2 Å². The van der Waals surface area contributed by atoms with Crippen LogP contribution in [-0.4, -0.2) is 58.0 Å². The Morgan fingerprint density at radius 1 is 0.808 bits per heavy atom. The lowest BCUT2D eigenvalue weighted by Gasteiger charge is -2.13. The molecule has 0 aliphatic rings. The molecule has 4 aromatic heterocycles. The molecule has 4 heterocycles. The fourth-order valence-electron chi connectivity index (χ4n) is 2.42. The summed E-state index contributed by atoms with van der Waals surface area (Å²) in [5.41, 5.74) is 1.33. The van der Waals surface area contributed by atoms with Gasteiger partial charge >= 0.3 is 0 Å². The molecule has 4 aromatic rings. The van der Waals surface area contributed by atoms with E-state index in [1.54, 1.807) is 28.0 Å². The van der Waals surface area contributed by atoms with Crippen LogP contribution in [0.4, 0.5) is 11.6 Å². The molecule has 0 saturated carbocycles. The van der Waals surface area contributed by atoms with Gasteiger partial charge in [0.05, 0.1) is 25.5 Å². The van der Waals surface area contributed by atoms with E-state index in [1.807, 2.05) is 24.5 Å². The summed E-state index contributed by atoms with van der Waals surface area (Å²) in [6.07, 6.45) is 8.63. The molecule has 0 spiro atoms. The average molecular weight is 351 g/mol. The summed E-state index contributed by atoms with van der Waals surface area (Å²) < 4.78 is 3.50. The van der Waals surface area contributed by atoms with Gasteiger partial charge in [-0.2, -0.15) is 0 Å². The molecule has 0 aromatic carbocycles. The van der Waals surface area contributed by atoms with Crippen LogP contribution >= 0.6 is 0 Å². The van der Waals surface area contributed by atoms with Crippen molar-refractivity contribution in [3.8, 4) is 0 Å². The van der Waals surface area contributed by atoms with Crippen molar-refractivity contribution in [2.24, 2.45) is 0 Å². The number of aromatic nitrogens is 9. The molecular formula is C15H17N11. The van der Waals surface area contributed by atoms with Gasteiger partial charge in [-0.05, 0) is 12.1 Å². The first-order valence-electron chi connectivity index (χ1n) is 8.17. The second-order valence-electron chi connectivity index (χ2n) is 5.45. The molecule has 0 amide bonds. The van der Waals surface area contributed by atoms with Crippen molar-refractivity contribution < 1.29 is 0 Å². The van der Waals surface area contributed by atoms with Crippen LogP contribution in [0.3, 0.4) is 0 Å². The largest absolute Gasteiger partial charge is 0.365 e. The van der Waals surface area contributed by atoms with E-state index in [1.165, 1.54) is 0 Å². The predicted octanol–water partition coefficient (Wildman–Crippen LogP) is 0.432. The molecule has 0 unspecified atom stereocenters. The Kier molecular flexibility index (Phi) is 4.58. The van der Waals surface area contributed by atoms with Crippen LogP contribution < -0.4 is 10.6 Å². The normalized spacial score (nSPS) is 10.9. The van der Waals surface area contributed by atoms with Crippen molar-refractivity contribution in [3.63, 3.8) is 0 Å². The quantitative estimate of drug-likeness (QED) is 0.465. The molecule has 0 aliphatic carbocycles. The second kappa shape index (κ2) is 7.51. The summed E-state index contributed by atoms with van der Waals surface area (Å²) in [6.45, 7) is 2.61. The zero-order valence-corrected chi connectivity index (χ0v) is 13.9. The summed E-state index contributed by atoms with van der Waals surface area (Å²) in [6, 6.07) is 3.73. The molecule has 0 atom stereocenters. The van der Waals surface area contributed by atoms with E-state index in [0.717, 1.165) is 5.52 Å². The number of hydrogen-bond acceptors (Lipinski definition) is 9. The van der Waals surface area contributed by atoms with Crippen molar-refractivity contribution in [1.82, 2.24) is 44.9 Å².